The lowest BCUT2D eigenvalue weighted by atomic mass is 9.97. The minimum absolute atomic E-state index is 0.0281. The second-order valence-corrected chi connectivity index (χ2v) is 6.02. The lowest BCUT2D eigenvalue weighted by Gasteiger charge is -2.38. The van der Waals surface area contributed by atoms with Gasteiger partial charge in [0.2, 0.25) is 5.91 Å². The van der Waals surface area contributed by atoms with Crippen molar-refractivity contribution in [3.05, 3.63) is 23.2 Å². The molecule has 110 valence electrons. The first-order valence-corrected chi connectivity index (χ1v) is 7.46. The molecule has 1 aromatic carbocycles. The standard InChI is InChI=1S/C15H22ClN3O/c1-10-4-3-5-11(2)19(10)9-15(20)18-14-7-6-12(16)8-13(14)17/h6-8,10-11H,3-5,9,17H2,1-2H3,(H,18,20). The fraction of sp³-hybridized carbons (Fsp3) is 0.533. The Hall–Kier alpha value is -1.26. The number of halogens is 1. The molecule has 0 aromatic heterocycles. The molecule has 1 fully saturated rings. The van der Waals surface area contributed by atoms with Crippen LogP contribution in [0.3, 0.4) is 0 Å². The van der Waals surface area contributed by atoms with Gasteiger partial charge < -0.3 is 11.1 Å². The Labute approximate surface area is 125 Å². The van der Waals surface area contributed by atoms with E-state index in [0.717, 1.165) is 12.8 Å². The summed E-state index contributed by atoms with van der Waals surface area (Å²) >= 11 is 5.85. The van der Waals surface area contributed by atoms with E-state index in [9.17, 15) is 4.79 Å². The monoisotopic (exact) mass is 295 g/mol. The van der Waals surface area contributed by atoms with Crippen LogP contribution in [0.25, 0.3) is 0 Å². The largest absolute Gasteiger partial charge is 0.397 e. The zero-order chi connectivity index (χ0) is 14.7. The summed E-state index contributed by atoms with van der Waals surface area (Å²) in [6, 6.07) is 6.00. The summed E-state index contributed by atoms with van der Waals surface area (Å²) < 4.78 is 0. The summed E-state index contributed by atoms with van der Waals surface area (Å²) in [6.07, 6.45) is 3.55. The van der Waals surface area contributed by atoms with Crippen molar-refractivity contribution < 1.29 is 4.79 Å². The van der Waals surface area contributed by atoms with Gasteiger partial charge in [0.05, 0.1) is 17.9 Å². The summed E-state index contributed by atoms with van der Waals surface area (Å²) in [5, 5.41) is 3.43. The summed E-state index contributed by atoms with van der Waals surface area (Å²) in [5.41, 5.74) is 6.96. The number of carbonyl (C=O) groups excluding carboxylic acids is 1. The van der Waals surface area contributed by atoms with E-state index in [0.29, 0.717) is 35.0 Å². The topological polar surface area (TPSA) is 58.4 Å². The first-order chi connectivity index (χ1) is 9.47. The molecule has 0 aliphatic carbocycles. The Bertz CT molecular complexity index is 482. The molecule has 1 saturated heterocycles. The normalized spacial score (nSPS) is 23.6. The molecule has 3 N–H and O–H groups in total. The number of nitrogens with zero attached hydrogens (tertiary/aromatic N) is 1. The predicted octanol–water partition coefficient (Wildman–Crippen LogP) is 3.12. The summed E-state index contributed by atoms with van der Waals surface area (Å²) in [7, 11) is 0. The minimum atomic E-state index is -0.0281. The number of anilines is 2. The maximum atomic E-state index is 12.2. The van der Waals surface area contributed by atoms with Gasteiger partial charge in [-0.2, -0.15) is 0 Å². The smallest absolute Gasteiger partial charge is 0.238 e. The van der Waals surface area contributed by atoms with Gasteiger partial charge in [-0.3, -0.25) is 9.69 Å². The second-order valence-electron chi connectivity index (χ2n) is 5.58. The summed E-state index contributed by atoms with van der Waals surface area (Å²) in [5.74, 6) is -0.0281. The van der Waals surface area contributed by atoms with Crippen molar-refractivity contribution >= 4 is 28.9 Å². The SMILES string of the molecule is CC1CCCC(C)N1CC(=O)Nc1ccc(Cl)cc1N. The van der Waals surface area contributed by atoms with Crippen molar-refractivity contribution in [2.45, 2.75) is 45.2 Å². The van der Waals surface area contributed by atoms with E-state index in [-0.39, 0.29) is 5.91 Å². The Kier molecular flexibility index (Phi) is 4.89. The molecular formula is C15H22ClN3O. The fourth-order valence-corrected chi connectivity index (χ4v) is 2.97. The first kappa shape index (κ1) is 15.1. The number of likely N-dealkylation sites (tertiary alicyclic amines) is 1. The van der Waals surface area contributed by atoms with Crippen LogP contribution in [0.2, 0.25) is 5.02 Å². The van der Waals surface area contributed by atoms with Gasteiger partial charge in [0.1, 0.15) is 0 Å². The highest BCUT2D eigenvalue weighted by molar-refractivity contribution is 6.31. The van der Waals surface area contributed by atoms with Crippen LogP contribution in [0.15, 0.2) is 18.2 Å². The molecule has 1 heterocycles. The number of rotatable bonds is 3. The Balaban J connectivity index is 1.98. The number of carbonyl (C=O) groups is 1. The number of hydrogen-bond donors (Lipinski definition) is 2. The van der Waals surface area contributed by atoms with Gasteiger partial charge in [-0.25, -0.2) is 0 Å². The predicted molar refractivity (Wildman–Crippen MR) is 84.0 cm³/mol. The lowest BCUT2D eigenvalue weighted by molar-refractivity contribution is -0.118. The molecule has 1 amide bonds. The molecule has 0 bridgehead atoms. The molecule has 0 spiro atoms. The van der Waals surface area contributed by atoms with Crippen molar-refractivity contribution in [1.82, 2.24) is 4.90 Å². The molecule has 20 heavy (non-hydrogen) atoms. The summed E-state index contributed by atoms with van der Waals surface area (Å²) in [4.78, 5) is 14.4. The van der Waals surface area contributed by atoms with E-state index < -0.39 is 0 Å². The highest BCUT2D eigenvalue weighted by Gasteiger charge is 2.26. The van der Waals surface area contributed by atoms with E-state index in [1.807, 2.05) is 0 Å². The molecule has 1 aromatic rings. The van der Waals surface area contributed by atoms with Gasteiger partial charge >= 0.3 is 0 Å². The molecule has 1 aliphatic rings. The molecule has 2 atom stereocenters. The van der Waals surface area contributed by atoms with Crippen molar-refractivity contribution in [3.8, 4) is 0 Å². The van der Waals surface area contributed by atoms with Crippen molar-refractivity contribution in [1.29, 1.82) is 0 Å². The minimum Gasteiger partial charge on any atom is -0.397 e. The van der Waals surface area contributed by atoms with Gasteiger partial charge in [-0.15, -0.1) is 0 Å². The lowest BCUT2D eigenvalue weighted by Crippen LogP contribution is -2.47. The van der Waals surface area contributed by atoms with Crippen LogP contribution in [0.1, 0.15) is 33.1 Å². The number of piperidine rings is 1. The van der Waals surface area contributed by atoms with E-state index in [4.69, 9.17) is 17.3 Å². The van der Waals surface area contributed by atoms with Crippen LogP contribution in [0, 0.1) is 0 Å². The second kappa shape index (κ2) is 6.46. The average molecular weight is 296 g/mol. The van der Waals surface area contributed by atoms with Crippen LogP contribution >= 0.6 is 11.6 Å². The van der Waals surface area contributed by atoms with Crippen molar-refractivity contribution in [2.24, 2.45) is 0 Å². The zero-order valence-corrected chi connectivity index (χ0v) is 12.8. The van der Waals surface area contributed by atoms with E-state index in [2.05, 4.69) is 24.1 Å². The Morgan fingerprint density at radius 1 is 1.40 bits per heavy atom. The Morgan fingerprint density at radius 3 is 2.65 bits per heavy atom. The third-order valence-corrected chi connectivity index (χ3v) is 4.23. The van der Waals surface area contributed by atoms with Crippen LogP contribution in [0.5, 0.6) is 0 Å². The maximum Gasteiger partial charge on any atom is 0.238 e. The highest BCUT2D eigenvalue weighted by Crippen LogP contribution is 2.24. The fourth-order valence-electron chi connectivity index (χ4n) is 2.79. The molecule has 5 heteroatoms. The molecular weight excluding hydrogens is 274 g/mol. The number of hydrogen-bond acceptors (Lipinski definition) is 3. The van der Waals surface area contributed by atoms with Crippen molar-refractivity contribution in [3.63, 3.8) is 0 Å². The first-order valence-electron chi connectivity index (χ1n) is 7.08. The van der Waals surface area contributed by atoms with Crippen LogP contribution in [0.4, 0.5) is 11.4 Å². The van der Waals surface area contributed by atoms with E-state index in [1.165, 1.54) is 6.42 Å². The van der Waals surface area contributed by atoms with Crippen LogP contribution in [-0.4, -0.2) is 29.4 Å². The summed E-state index contributed by atoms with van der Waals surface area (Å²) in [6.45, 7) is 4.77. The van der Waals surface area contributed by atoms with E-state index in [1.54, 1.807) is 18.2 Å². The third kappa shape index (κ3) is 3.64. The number of amides is 1. The Morgan fingerprint density at radius 2 is 2.05 bits per heavy atom. The number of nitrogens with two attached hydrogens (primary N) is 1. The van der Waals surface area contributed by atoms with E-state index >= 15 is 0 Å². The molecule has 2 unspecified atom stereocenters. The van der Waals surface area contributed by atoms with Crippen LogP contribution < -0.4 is 11.1 Å². The number of benzene rings is 1. The number of nitrogen functional groups attached to an aromatic ring is 1. The quantitative estimate of drug-likeness (QED) is 0.842. The average Bonchev–Trinajstić information content (AvgIpc) is 2.37. The van der Waals surface area contributed by atoms with Gasteiger partial charge in [0.15, 0.2) is 0 Å². The van der Waals surface area contributed by atoms with Gasteiger partial charge in [-0.05, 0) is 44.9 Å². The molecule has 1 aliphatic heterocycles. The highest BCUT2D eigenvalue weighted by atomic mass is 35.5. The third-order valence-electron chi connectivity index (χ3n) is 3.99. The molecule has 0 radical (unpaired) electrons. The van der Waals surface area contributed by atoms with Gasteiger partial charge in [-0.1, -0.05) is 18.0 Å². The van der Waals surface area contributed by atoms with Gasteiger partial charge in [0.25, 0.3) is 0 Å². The number of nitrogens with one attached hydrogen (secondary N) is 1. The molecule has 0 saturated carbocycles. The molecule has 4 nitrogen and oxygen atoms in total. The maximum absolute atomic E-state index is 12.2. The van der Waals surface area contributed by atoms with Crippen molar-refractivity contribution in [2.75, 3.05) is 17.6 Å². The van der Waals surface area contributed by atoms with Crippen LogP contribution in [-0.2, 0) is 4.79 Å². The molecule has 2 rings (SSSR count). The van der Waals surface area contributed by atoms with Gasteiger partial charge in [0, 0.05) is 17.1 Å². The zero-order valence-electron chi connectivity index (χ0n) is 12.0.